The van der Waals surface area contributed by atoms with Crippen molar-refractivity contribution in [3.63, 3.8) is 0 Å². The molecule has 0 spiro atoms. The number of anilines is 1. The average Bonchev–Trinajstić information content (AvgIpc) is 3.14. The van der Waals surface area contributed by atoms with Crippen LogP contribution in [0.25, 0.3) is 11.5 Å². The Morgan fingerprint density at radius 2 is 1.85 bits per heavy atom. The van der Waals surface area contributed by atoms with E-state index in [9.17, 15) is 9.18 Å². The molecule has 2 N–H and O–H groups in total. The molecular formula is C20H21FN4O2. The molecule has 140 valence electrons. The molecule has 0 unspecified atom stereocenters. The minimum Gasteiger partial charge on any atom is -0.419 e. The zero-order valence-corrected chi connectivity index (χ0v) is 15.2. The molecule has 7 heteroatoms. The molecule has 0 aliphatic heterocycles. The second-order valence-corrected chi connectivity index (χ2v) is 6.51. The molecule has 1 aromatic heterocycles. The van der Waals surface area contributed by atoms with Crippen LogP contribution in [-0.4, -0.2) is 22.6 Å². The maximum absolute atomic E-state index is 13.0. The van der Waals surface area contributed by atoms with Gasteiger partial charge in [-0.2, -0.15) is 0 Å². The summed E-state index contributed by atoms with van der Waals surface area (Å²) in [5.74, 6) is 0.593. The van der Waals surface area contributed by atoms with Crippen LogP contribution < -0.4 is 10.6 Å². The first-order valence-corrected chi connectivity index (χ1v) is 8.72. The molecule has 0 saturated carbocycles. The fourth-order valence-corrected chi connectivity index (χ4v) is 2.43. The van der Waals surface area contributed by atoms with Crippen molar-refractivity contribution in [3.8, 4) is 11.5 Å². The van der Waals surface area contributed by atoms with E-state index in [1.807, 2.05) is 32.0 Å². The molecule has 3 aromatic rings. The fraction of sp³-hybridized carbons (Fsp3) is 0.250. The van der Waals surface area contributed by atoms with Crippen LogP contribution in [0.3, 0.4) is 0 Å². The molecule has 0 radical (unpaired) electrons. The highest BCUT2D eigenvalue weighted by Crippen LogP contribution is 2.20. The van der Waals surface area contributed by atoms with E-state index in [1.165, 1.54) is 12.1 Å². The predicted molar refractivity (Wildman–Crippen MR) is 101 cm³/mol. The van der Waals surface area contributed by atoms with Crippen LogP contribution in [0.1, 0.15) is 30.1 Å². The summed E-state index contributed by atoms with van der Waals surface area (Å²) in [4.78, 5) is 12.4. The highest BCUT2D eigenvalue weighted by atomic mass is 19.1. The first kappa shape index (κ1) is 18.6. The minimum atomic E-state index is -0.326. The number of carbonyl (C=O) groups is 1. The number of hydrogen-bond acceptors (Lipinski definition) is 5. The Labute approximate surface area is 156 Å². The number of hydrogen-bond donors (Lipinski definition) is 2. The monoisotopic (exact) mass is 368 g/mol. The lowest BCUT2D eigenvalue weighted by Crippen LogP contribution is -2.28. The molecule has 1 heterocycles. The molecule has 0 atom stereocenters. The van der Waals surface area contributed by atoms with Gasteiger partial charge in [0.2, 0.25) is 11.8 Å². The van der Waals surface area contributed by atoms with Gasteiger partial charge in [-0.05, 0) is 42.3 Å². The maximum atomic E-state index is 13.0. The molecule has 3 rings (SSSR count). The fourth-order valence-electron chi connectivity index (χ4n) is 2.43. The third-order valence-corrected chi connectivity index (χ3v) is 3.83. The van der Waals surface area contributed by atoms with Crippen molar-refractivity contribution >= 4 is 11.6 Å². The van der Waals surface area contributed by atoms with E-state index in [0.717, 1.165) is 0 Å². The number of para-hydroxylation sites is 1. The Bertz CT molecular complexity index is 906. The van der Waals surface area contributed by atoms with Gasteiger partial charge in [-0.15, -0.1) is 10.2 Å². The van der Waals surface area contributed by atoms with E-state index in [2.05, 4.69) is 20.8 Å². The van der Waals surface area contributed by atoms with Crippen molar-refractivity contribution < 1.29 is 13.6 Å². The van der Waals surface area contributed by atoms with Crippen LogP contribution in [0, 0.1) is 11.7 Å². The number of carbonyl (C=O) groups excluding carboxylic acids is 1. The number of nitrogens with zero attached hydrogens (tertiary/aromatic N) is 2. The van der Waals surface area contributed by atoms with Crippen molar-refractivity contribution in [3.05, 3.63) is 65.8 Å². The Morgan fingerprint density at radius 3 is 2.59 bits per heavy atom. The summed E-state index contributed by atoms with van der Waals surface area (Å²) in [5.41, 5.74) is 1.88. The van der Waals surface area contributed by atoms with Crippen molar-refractivity contribution in [2.45, 2.75) is 20.4 Å². The number of nitrogens with one attached hydrogen (secondary N) is 2. The largest absolute Gasteiger partial charge is 0.419 e. The molecule has 6 nitrogen and oxygen atoms in total. The van der Waals surface area contributed by atoms with Gasteiger partial charge in [0.05, 0.1) is 12.1 Å². The maximum Gasteiger partial charge on any atom is 0.253 e. The molecule has 0 fully saturated rings. The lowest BCUT2D eigenvalue weighted by molar-refractivity contribution is 0.0949. The van der Waals surface area contributed by atoms with Crippen molar-refractivity contribution in [2.24, 2.45) is 5.92 Å². The van der Waals surface area contributed by atoms with Gasteiger partial charge >= 0.3 is 0 Å². The minimum absolute atomic E-state index is 0.135. The summed E-state index contributed by atoms with van der Waals surface area (Å²) < 4.78 is 18.6. The van der Waals surface area contributed by atoms with Gasteiger partial charge in [0.1, 0.15) is 5.82 Å². The quantitative estimate of drug-likeness (QED) is 0.662. The molecule has 1 amide bonds. The van der Waals surface area contributed by atoms with Crippen molar-refractivity contribution in [1.29, 1.82) is 0 Å². The summed E-state index contributed by atoms with van der Waals surface area (Å²) in [6.45, 7) is 4.96. The summed E-state index contributed by atoms with van der Waals surface area (Å²) in [7, 11) is 0. The Hall–Kier alpha value is -3.22. The number of benzene rings is 2. The van der Waals surface area contributed by atoms with Crippen LogP contribution in [-0.2, 0) is 6.54 Å². The second kappa shape index (κ2) is 8.44. The summed E-state index contributed by atoms with van der Waals surface area (Å²) in [6.07, 6.45) is 0. The van der Waals surface area contributed by atoms with E-state index >= 15 is 0 Å². The van der Waals surface area contributed by atoms with Gasteiger partial charge in [0.15, 0.2) is 0 Å². The third-order valence-electron chi connectivity index (χ3n) is 3.83. The highest BCUT2D eigenvalue weighted by Gasteiger charge is 2.13. The molecule has 27 heavy (non-hydrogen) atoms. The summed E-state index contributed by atoms with van der Waals surface area (Å²) >= 11 is 0. The molecule has 0 aliphatic carbocycles. The number of amides is 1. The van der Waals surface area contributed by atoms with Gasteiger partial charge < -0.3 is 15.1 Å². The first-order chi connectivity index (χ1) is 13.0. The lowest BCUT2D eigenvalue weighted by Gasteiger charge is -2.12. The van der Waals surface area contributed by atoms with E-state index in [1.54, 1.807) is 18.2 Å². The van der Waals surface area contributed by atoms with Gasteiger partial charge in [-0.3, -0.25) is 4.79 Å². The molecule has 2 aromatic carbocycles. The van der Waals surface area contributed by atoms with E-state index in [4.69, 9.17) is 4.42 Å². The summed E-state index contributed by atoms with van der Waals surface area (Å²) in [5, 5.41) is 14.0. The van der Waals surface area contributed by atoms with Crippen LogP contribution in [0.5, 0.6) is 0 Å². The smallest absolute Gasteiger partial charge is 0.253 e. The van der Waals surface area contributed by atoms with Crippen molar-refractivity contribution in [2.75, 3.05) is 11.9 Å². The second-order valence-electron chi connectivity index (χ2n) is 6.51. The average molecular weight is 368 g/mol. The lowest BCUT2D eigenvalue weighted by atomic mass is 10.1. The van der Waals surface area contributed by atoms with Gasteiger partial charge in [0, 0.05) is 17.8 Å². The number of rotatable bonds is 7. The Kier molecular flexibility index (Phi) is 5.80. The Morgan fingerprint density at radius 1 is 1.11 bits per heavy atom. The zero-order chi connectivity index (χ0) is 19.2. The van der Waals surface area contributed by atoms with E-state index < -0.39 is 0 Å². The highest BCUT2D eigenvalue weighted by molar-refractivity contribution is 5.99. The molecular weight excluding hydrogens is 347 g/mol. The molecule has 0 aliphatic rings. The van der Waals surface area contributed by atoms with Crippen LogP contribution in [0.15, 0.2) is 52.9 Å². The summed E-state index contributed by atoms with van der Waals surface area (Å²) in [6, 6.07) is 13.1. The van der Waals surface area contributed by atoms with Crippen LogP contribution in [0.4, 0.5) is 10.1 Å². The van der Waals surface area contributed by atoms with Crippen LogP contribution >= 0.6 is 0 Å². The van der Waals surface area contributed by atoms with E-state index in [0.29, 0.717) is 41.1 Å². The number of halogens is 1. The van der Waals surface area contributed by atoms with E-state index in [-0.39, 0.29) is 18.3 Å². The topological polar surface area (TPSA) is 80.0 Å². The third kappa shape index (κ3) is 4.91. The SMILES string of the molecule is CC(C)CNC(=O)c1ccccc1NCc1nnc(-c2ccc(F)cc2)o1. The molecule has 0 bridgehead atoms. The van der Waals surface area contributed by atoms with Crippen LogP contribution in [0.2, 0.25) is 0 Å². The van der Waals surface area contributed by atoms with Gasteiger partial charge in [-0.25, -0.2) is 4.39 Å². The standard InChI is InChI=1S/C20H21FN4O2/c1-13(2)11-23-19(26)16-5-3-4-6-17(16)22-12-18-24-25-20(27-18)14-7-9-15(21)10-8-14/h3-10,13,22H,11-12H2,1-2H3,(H,23,26). The van der Waals surface area contributed by atoms with Gasteiger partial charge in [0.25, 0.3) is 5.91 Å². The zero-order valence-electron chi connectivity index (χ0n) is 15.2. The van der Waals surface area contributed by atoms with Crippen molar-refractivity contribution in [1.82, 2.24) is 15.5 Å². The normalized spacial score (nSPS) is 10.8. The molecule has 0 saturated heterocycles. The predicted octanol–water partition coefficient (Wildman–Crippen LogP) is 3.87. The van der Waals surface area contributed by atoms with Gasteiger partial charge in [-0.1, -0.05) is 26.0 Å². The number of aromatic nitrogens is 2. The first-order valence-electron chi connectivity index (χ1n) is 8.72. The Balaban J connectivity index is 1.67.